The fraction of sp³-hybridized carbons (Fsp3) is 0.500. The van der Waals surface area contributed by atoms with E-state index in [1.807, 2.05) is 0 Å². The Labute approximate surface area is 100 Å². The molecular formula is C8H9ClO8. The van der Waals surface area contributed by atoms with Crippen molar-refractivity contribution in [2.45, 2.75) is 19.1 Å². The number of halogens is 1. The van der Waals surface area contributed by atoms with Crippen molar-refractivity contribution in [1.29, 1.82) is 0 Å². The van der Waals surface area contributed by atoms with Crippen molar-refractivity contribution in [3.05, 3.63) is 0 Å². The van der Waals surface area contributed by atoms with Crippen LogP contribution in [0.25, 0.3) is 0 Å². The highest BCUT2D eigenvalue weighted by molar-refractivity contribution is 6.29. The quantitative estimate of drug-likeness (QED) is 0.387. The molecule has 9 heteroatoms. The third kappa shape index (κ3) is 5.16. The van der Waals surface area contributed by atoms with Gasteiger partial charge in [-0.2, -0.15) is 0 Å². The normalized spacial score (nSPS) is 13.3. The average molecular weight is 269 g/mol. The van der Waals surface area contributed by atoms with Crippen LogP contribution in [0.3, 0.4) is 0 Å². The van der Waals surface area contributed by atoms with E-state index < -0.39 is 36.1 Å². The van der Waals surface area contributed by atoms with Gasteiger partial charge in [0.25, 0.3) is 0 Å². The molecule has 0 aromatic heterocycles. The second kappa shape index (κ2) is 6.69. The van der Waals surface area contributed by atoms with Crippen molar-refractivity contribution in [1.82, 2.24) is 0 Å². The van der Waals surface area contributed by atoms with E-state index in [0.29, 0.717) is 0 Å². The highest BCUT2D eigenvalue weighted by atomic mass is 35.5. The maximum absolute atomic E-state index is 10.7. The highest BCUT2D eigenvalue weighted by Crippen LogP contribution is 2.07. The zero-order valence-corrected chi connectivity index (χ0v) is 9.34. The van der Waals surface area contributed by atoms with E-state index in [1.165, 1.54) is 6.92 Å². The van der Waals surface area contributed by atoms with Crippen molar-refractivity contribution < 1.29 is 38.9 Å². The maximum Gasteiger partial charge on any atom is 0.417 e. The maximum atomic E-state index is 10.7. The number of carboxylic acid groups (broad SMARTS) is 2. The van der Waals surface area contributed by atoms with Crippen molar-refractivity contribution in [2.75, 3.05) is 5.88 Å². The molecule has 0 aliphatic carbocycles. The van der Waals surface area contributed by atoms with Gasteiger partial charge in [0, 0.05) is 0 Å². The minimum atomic E-state index is -1.84. The van der Waals surface area contributed by atoms with Gasteiger partial charge < -0.3 is 19.7 Å². The van der Waals surface area contributed by atoms with E-state index in [2.05, 4.69) is 9.47 Å². The van der Waals surface area contributed by atoms with Crippen LogP contribution < -0.4 is 0 Å². The van der Waals surface area contributed by atoms with Crippen LogP contribution >= 0.6 is 11.6 Å². The molecule has 2 unspecified atom stereocenters. The number of alkyl halides is 1. The van der Waals surface area contributed by atoms with Crippen molar-refractivity contribution in [3.8, 4) is 0 Å². The largest absolute Gasteiger partial charge is 0.473 e. The summed E-state index contributed by atoms with van der Waals surface area (Å²) in [5, 5.41) is 16.5. The van der Waals surface area contributed by atoms with E-state index in [4.69, 9.17) is 21.8 Å². The summed E-state index contributed by atoms with van der Waals surface area (Å²) in [5.74, 6) is -7.15. The Bertz CT molecular complexity index is 338. The second-order valence-corrected chi connectivity index (χ2v) is 3.13. The Morgan fingerprint density at radius 3 is 1.82 bits per heavy atom. The number of carboxylic acids is 2. The lowest BCUT2D eigenvalue weighted by atomic mass is 10.2. The van der Waals surface area contributed by atoms with Gasteiger partial charge in [0.15, 0.2) is 6.10 Å². The van der Waals surface area contributed by atoms with Gasteiger partial charge in [-0.05, 0) is 6.92 Å². The summed E-state index contributed by atoms with van der Waals surface area (Å²) < 4.78 is 8.72. The third-order valence-corrected chi connectivity index (χ3v) is 1.88. The summed E-state index contributed by atoms with van der Waals surface area (Å²) in [6, 6.07) is 0. The summed E-state index contributed by atoms with van der Waals surface area (Å²) in [4.78, 5) is 41.7. The van der Waals surface area contributed by atoms with Gasteiger partial charge in [-0.1, -0.05) is 0 Å². The van der Waals surface area contributed by atoms with Crippen molar-refractivity contribution >= 4 is 35.5 Å². The van der Waals surface area contributed by atoms with E-state index in [-0.39, 0.29) is 5.88 Å². The number of ether oxygens (including phenoxy) is 2. The number of hydrogen-bond donors (Lipinski definition) is 2. The zero-order valence-electron chi connectivity index (χ0n) is 8.58. The predicted molar refractivity (Wildman–Crippen MR) is 51.4 cm³/mol. The smallest absolute Gasteiger partial charge is 0.417 e. The number of rotatable bonds is 4. The molecule has 8 nitrogen and oxygen atoms in total. The lowest BCUT2D eigenvalue weighted by Crippen LogP contribution is -2.37. The molecule has 2 N–H and O–H groups in total. The van der Waals surface area contributed by atoms with Crippen molar-refractivity contribution in [3.63, 3.8) is 0 Å². The Morgan fingerprint density at radius 2 is 1.47 bits per heavy atom. The summed E-state index contributed by atoms with van der Waals surface area (Å²) in [5.41, 5.74) is 0. The van der Waals surface area contributed by atoms with Crippen LogP contribution in [0.1, 0.15) is 6.92 Å². The molecule has 0 rings (SSSR count). The van der Waals surface area contributed by atoms with Crippen LogP contribution in [0.4, 0.5) is 0 Å². The summed E-state index contributed by atoms with van der Waals surface area (Å²) in [6.07, 6.45) is -2.43. The molecule has 0 heterocycles. The fourth-order valence-corrected chi connectivity index (χ4v) is 1.05. The minimum absolute atomic E-state index is 0.354. The van der Waals surface area contributed by atoms with Crippen LogP contribution in [0.15, 0.2) is 0 Å². The molecule has 2 atom stereocenters. The molecule has 0 bridgehead atoms. The SMILES string of the molecule is CC(OC(=O)C(=O)O)C(CCl)OC(=O)C(=O)O. The number of carbonyl (C=O) groups excluding carboxylic acids is 2. The first-order valence-corrected chi connectivity index (χ1v) is 4.76. The van der Waals surface area contributed by atoms with Crippen LogP contribution in [-0.4, -0.2) is 52.2 Å². The monoisotopic (exact) mass is 268 g/mol. The molecule has 0 radical (unpaired) electrons. The molecular weight excluding hydrogens is 260 g/mol. The molecule has 0 aromatic carbocycles. The Hall–Kier alpha value is -1.83. The molecule has 0 spiro atoms. The summed E-state index contributed by atoms with van der Waals surface area (Å²) >= 11 is 5.37. The fourth-order valence-electron chi connectivity index (χ4n) is 0.736. The first kappa shape index (κ1) is 15.2. The molecule has 0 saturated carbocycles. The summed E-state index contributed by atoms with van der Waals surface area (Å²) in [7, 11) is 0. The highest BCUT2D eigenvalue weighted by Gasteiger charge is 2.28. The number of aliphatic carboxylic acids is 2. The zero-order chi connectivity index (χ0) is 13.6. The van der Waals surface area contributed by atoms with Gasteiger partial charge in [-0.25, -0.2) is 19.2 Å². The molecule has 0 saturated heterocycles. The number of hydrogen-bond acceptors (Lipinski definition) is 6. The molecule has 17 heavy (non-hydrogen) atoms. The van der Waals surface area contributed by atoms with Crippen LogP contribution in [-0.2, 0) is 28.7 Å². The number of esters is 2. The Kier molecular flexibility index (Phi) is 5.97. The Balaban J connectivity index is 4.45. The van der Waals surface area contributed by atoms with Gasteiger partial charge in [0.05, 0.1) is 5.88 Å². The average Bonchev–Trinajstić information content (AvgIpc) is 2.24. The lowest BCUT2D eigenvalue weighted by molar-refractivity contribution is -0.177. The van der Waals surface area contributed by atoms with Crippen LogP contribution in [0, 0.1) is 0 Å². The van der Waals surface area contributed by atoms with Gasteiger partial charge in [0.2, 0.25) is 0 Å². The van der Waals surface area contributed by atoms with Crippen LogP contribution in [0.5, 0.6) is 0 Å². The Morgan fingerprint density at radius 1 is 1.06 bits per heavy atom. The molecule has 0 aliphatic heterocycles. The van der Waals surface area contributed by atoms with E-state index >= 15 is 0 Å². The second-order valence-electron chi connectivity index (χ2n) is 2.82. The van der Waals surface area contributed by atoms with E-state index in [1.54, 1.807) is 0 Å². The third-order valence-electron chi connectivity index (χ3n) is 1.58. The summed E-state index contributed by atoms with van der Waals surface area (Å²) in [6.45, 7) is 1.21. The van der Waals surface area contributed by atoms with Gasteiger partial charge in [-0.3, -0.25) is 0 Å². The van der Waals surface area contributed by atoms with Gasteiger partial charge in [-0.15, -0.1) is 11.6 Å². The molecule has 0 aromatic rings. The predicted octanol–water partition coefficient (Wildman–Crippen LogP) is -0.762. The van der Waals surface area contributed by atoms with E-state index in [9.17, 15) is 19.2 Å². The first-order chi connectivity index (χ1) is 7.79. The molecule has 0 fully saturated rings. The van der Waals surface area contributed by atoms with Crippen molar-refractivity contribution in [2.24, 2.45) is 0 Å². The van der Waals surface area contributed by atoms with Gasteiger partial charge >= 0.3 is 23.9 Å². The minimum Gasteiger partial charge on any atom is -0.473 e. The first-order valence-electron chi connectivity index (χ1n) is 4.23. The topological polar surface area (TPSA) is 127 Å². The van der Waals surface area contributed by atoms with Gasteiger partial charge in [0.1, 0.15) is 6.10 Å². The molecule has 0 aliphatic rings. The van der Waals surface area contributed by atoms with Crippen LogP contribution in [0.2, 0.25) is 0 Å². The standard InChI is InChI=1S/C8H9ClO8/c1-3(16-7(14)5(10)11)4(2-9)17-8(15)6(12)13/h3-4H,2H2,1H3,(H,10,11)(H,12,13). The van der Waals surface area contributed by atoms with E-state index in [0.717, 1.165) is 0 Å². The molecule has 0 amide bonds. The lowest BCUT2D eigenvalue weighted by Gasteiger charge is -2.20. The molecule has 96 valence electrons. The number of carbonyl (C=O) groups is 4.